The standard InChI is InChI=1S/C28H34ClFN2O8/c1-9-38-20-14-19(24(34)37-8)31-18(20)12-15(13-21(31)33)22-17(11-10-16(29)23(22)30)32(25(35)39-27(2,3)4)26(36)40-28(5,6)7/h10-13,19-20H,9,14H2,1-8H3/t19-,20?/m0/s1. The van der Waals surface area contributed by atoms with Gasteiger partial charge in [-0.05, 0) is 72.2 Å². The number of imide groups is 1. The molecule has 3 rings (SSSR count). The van der Waals surface area contributed by atoms with E-state index in [1.807, 2.05) is 0 Å². The van der Waals surface area contributed by atoms with Crippen LogP contribution in [0.25, 0.3) is 11.1 Å². The van der Waals surface area contributed by atoms with Crippen LogP contribution in [-0.4, -0.2) is 47.6 Å². The Balaban J connectivity index is 2.30. The van der Waals surface area contributed by atoms with Crippen LogP contribution in [0.1, 0.15) is 72.7 Å². The molecule has 1 aliphatic heterocycles. The van der Waals surface area contributed by atoms with Gasteiger partial charge in [0.15, 0.2) is 5.82 Å². The van der Waals surface area contributed by atoms with Crippen molar-refractivity contribution in [2.75, 3.05) is 18.6 Å². The van der Waals surface area contributed by atoms with E-state index in [-0.39, 0.29) is 34.9 Å². The zero-order valence-electron chi connectivity index (χ0n) is 23.8. The summed E-state index contributed by atoms with van der Waals surface area (Å²) in [4.78, 5) is 53.0. The van der Waals surface area contributed by atoms with Crippen LogP contribution in [0.5, 0.6) is 0 Å². The molecule has 0 fully saturated rings. The van der Waals surface area contributed by atoms with Crippen molar-refractivity contribution in [1.82, 2.24) is 4.57 Å². The summed E-state index contributed by atoms with van der Waals surface area (Å²) in [5, 5.41) is -0.318. The van der Waals surface area contributed by atoms with E-state index < -0.39 is 52.9 Å². The molecule has 0 bridgehead atoms. The molecule has 40 heavy (non-hydrogen) atoms. The van der Waals surface area contributed by atoms with Gasteiger partial charge in [-0.15, -0.1) is 0 Å². The number of methoxy groups -OCH3 is 1. The van der Waals surface area contributed by atoms with Crippen LogP contribution >= 0.6 is 11.6 Å². The lowest BCUT2D eigenvalue weighted by atomic mass is 10.0. The molecule has 218 valence electrons. The van der Waals surface area contributed by atoms with Crippen molar-refractivity contribution < 1.29 is 37.7 Å². The number of anilines is 1. The minimum atomic E-state index is -1.12. The van der Waals surface area contributed by atoms with Gasteiger partial charge in [0.1, 0.15) is 23.3 Å². The molecule has 0 radical (unpaired) electrons. The number of hydrogen-bond acceptors (Lipinski definition) is 8. The lowest BCUT2D eigenvalue weighted by Crippen LogP contribution is -2.44. The number of rotatable bonds is 5. The first-order valence-electron chi connectivity index (χ1n) is 12.7. The molecule has 2 amide bonds. The van der Waals surface area contributed by atoms with Gasteiger partial charge in [-0.1, -0.05) is 11.6 Å². The molecule has 2 heterocycles. The second-order valence-corrected chi connectivity index (χ2v) is 11.6. The molecule has 2 atom stereocenters. The number of fused-ring (bicyclic) bond motifs is 1. The SMILES string of the molecule is CCOC1C[C@@H](C(=O)OC)n2c1cc(-c1c(N(C(=O)OC(C)(C)C)C(=O)OC(C)(C)C)ccc(Cl)c1F)cc2=O. The highest BCUT2D eigenvalue weighted by molar-refractivity contribution is 6.31. The Hall–Kier alpha value is -3.44. The molecule has 1 aliphatic rings. The molecule has 0 spiro atoms. The van der Waals surface area contributed by atoms with Crippen LogP contribution in [0, 0.1) is 5.82 Å². The number of nitrogens with zero attached hydrogens (tertiary/aromatic N) is 2. The van der Waals surface area contributed by atoms with Gasteiger partial charge in [0.25, 0.3) is 5.56 Å². The molecule has 0 saturated heterocycles. The first-order valence-corrected chi connectivity index (χ1v) is 13.1. The smallest absolute Gasteiger partial charge is 0.424 e. The molecule has 1 aromatic heterocycles. The van der Waals surface area contributed by atoms with Gasteiger partial charge in [-0.3, -0.25) is 9.36 Å². The first-order chi connectivity index (χ1) is 18.5. The van der Waals surface area contributed by atoms with Crippen LogP contribution in [0.3, 0.4) is 0 Å². The van der Waals surface area contributed by atoms with Crippen LogP contribution in [0.15, 0.2) is 29.1 Å². The molecule has 12 heteroatoms. The molecule has 1 unspecified atom stereocenters. The number of esters is 1. The number of carbonyl (C=O) groups is 3. The Morgan fingerprint density at radius 3 is 2.12 bits per heavy atom. The Morgan fingerprint density at radius 1 is 1.05 bits per heavy atom. The Bertz CT molecular complexity index is 1350. The highest BCUT2D eigenvalue weighted by Gasteiger charge is 2.39. The van der Waals surface area contributed by atoms with Crippen molar-refractivity contribution >= 4 is 35.4 Å². The van der Waals surface area contributed by atoms with Gasteiger partial charge < -0.3 is 18.9 Å². The van der Waals surface area contributed by atoms with Crippen molar-refractivity contribution in [1.29, 1.82) is 0 Å². The normalized spacial score (nSPS) is 16.8. The van der Waals surface area contributed by atoms with Crippen molar-refractivity contribution in [2.24, 2.45) is 0 Å². The summed E-state index contributed by atoms with van der Waals surface area (Å²) in [5.41, 5.74) is -2.95. The maximum atomic E-state index is 15.8. The number of aromatic nitrogens is 1. The lowest BCUT2D eigenvalue weighted by molar-refractivity contribution is -0.145. The Morgan fingerprint density at radius 2 is 1.62 bits per heavy atom. The van der Waals surface area contributed by atoms with Crippen LogP contribution in [0.4, 0.5) is 19.7 Å². The number of halogens is 2. The molecule has 1 aromatic carbocycles. The number of ether oxygens (including phenoxy) is 4. The third-order valence-corrected chi connectivity index (χ3v) is 6.06. The van der Waals surface area contributed by atoms with Crippen molar-refractivity contribution in [3.63, 3.8) is 0 Å². The van der Waals surface area contributed by atoms with Gasteiger partial charge in [-0.2, -0.15) is 4.90 Å². The number of hydrogen-bond donors (Lipinski definition) is 0. The fraction of sp³-hybridized carbons (Fsp3) is 0.500. The van der Waals surface area contributed by atoms with Crippen LogP contribution in [-0.2, 0) is 23.7 Å². The third-order valence-electron chi connectivity index (χ3n) is 5.77. The van der Waals surface area contributed by atoms with E-state index in [2.05, 4.69) is 0 Å². The van der Waals surface area contributed by atoms with Crippen molar-refractivity contribution in [2.45, 2.75) is 78.2 Å². The summed E-state index contributed by atoms with van der Waals surface area (Å²) in [6, 6.07) is 4.05. The highest BCUT2D eigenvalue weighted by Crippen LogP contribution is 2.42. The lowest BCUT2D eigenvalue weighted by Gasteiger charge is -2.30. The van der Waals surface area contributed by atoms with E-state index in [0.29, 0.717) is 10.6 Å². The largest absolute Gasteiger partial charge is 0.467 e. The molecule has 0 aliphatic carbocycles. The quantitative estimate of drug-likeness (QED) is 0.304. The molecule has 0 saturated carbocycles. The number of carbonyl (C=O) groups excluding carboxylic acids is 3. The predicted octanol–water partition coefficient (Wildman–Crippen LogP) is 6.18. The zero-order chi connectivity index (χ0) is 30.2. The maximum Gasteiger partial charge on any atom is 0.424 e. The number of amides is 2. The number of pyridine rings is 1. The summed E-state index contributed by atoms with van der Waals surface area (Å²) in [5.74, 6) is -1.62. The third kappa shape index (κ3) is 6.64. The van der Waals surface area contributed by atoms with E-state index >= 15 is 4.39 Å². The van der Waals surface area contributed by atoms with Gasteiger partial charge in [0.05, 0.1) is 23.5 Å². The van der Waals surface area contributed by atoms with E-state index in [4.69, 9.17) is 30.5 Å². The summed E-state index contributed by atoms with van der Waals surface area (Å²) in [6.07, 6.45) is -2.80. The summed E-state index contributed by atoms with van der Waals surface area (Å²) < 4.78 is 38.6. The van der Waals surface area contributed by atoms with Crippen LogP contribution < -0.4 is 10.5 Å². The van der Waals surface area contributed by atoms with E-state index in [1.54, 1.807) is 48.5 Å². The fourth-order valence-corrected chi connectivity index (χ4v) is 4.49. The van der Waals surface area contributed by atoms with Gasteiger partial charge >= 0.3 is 18.2 Å². The fourth-order valence-electron chi connectivity index (χ4n) is 4.34. The summed E-state index contributed by atoms with van der Waals surface area (Å²) >= 11 is 6.14. The summed E-state index contributed by atoms with van der Waals surface area (Å²) in [6.45, 7) is 11.7. The monoisotopic (exact) mass is 580 g/mol. The van der Waals surface area contributed by atoms with E-state index in [0.717, 1.165) is 6.07 Å². The molecule has 10 nitrogen and oxygen atoms in total. The van der Waals surface area contributed by atoms with Gasteiger partial charge in [0.2, 0.25) is 0 Å². The van der Waals surface area contributed by atoms with Gasteiger partial charge in [-0.25, -0.2) is 18.8 Å². The van der Waals surface area contributed by atoms with Gasteiger partial charge in [0, 0.05) is 24.7 Å². The Labute approximate surface area is 236 Å². The molecule has 0 N–H and O–H groups in total. The van der Waals surface area contributed by atoms with Crippen molar-refractivity contribution in [3.8, 4) is 11.1 Å². The van der Waals surface area contributed by atoms with Crippen LogP contribution in [0.2, 0.25) is 5.02 Å². The molecule has 2 aromatic rings. The minimum Gasteiger partial charge on any atom is -0.467 e. The maximum absolute atomic E-state index is 15.8. The average molecular weight is 581 g/mol. The zero-order valence-corrected chi connectivity index (χ0v) is 24.6. The first kappa shape index (κ1) is 31.1. The topological polar surface area (TPSA) is 113 Å². The highest BCUT2D eigenvalue weighted by atomic mass is 35.5. The summed E-state index contributed by atoms with van der Waals surface area (Å²) in [7, 11) is 1.21. The van der Waals surface area contributed by atoms with E-state index in [1.165, 1.54) is 29.9 Å². The van der Waals surface area contributed by atoms with E-state index in [9.17, 15) is 19.2 Å². The molecular formula is C28H34ClFN2O8. The predicted molar refractivity (Wildman–Crippen MR) is 146 cm³/mol. The second-order valence-electron chi connectivity index (χ2n) is 11.1. The number of benzene rings is 1. The minimum absolute atomic E-state index is 0.00131. The second kappa shape index (κ2) is 11.6. The average Bonchev–Trinajstić information content (AvgIpc) is 3.18. The van der Waals surface area contributed by atoms with Crippen molar-refractivity contribution in [3.05, 3.63) is 51.2 Å². The Kier molecular flexibility index (Phi) is 9.00. The molecular weight excluding hydrogens is 547 g/mol.